The number of aromatic nitrogens is 2. The number of aryl methyl sites for hydroxylation is 1. The predicted octanol–water partition coefficient (Wildman–Crippen LogP) is 0.837. The van der Waals surface area contributed by atoms with E-state index < -0.39 is 0 Å². The van der Waals surface area contributed by atoms with Crippen LogP contribution in [-0.4, -0.2) is 21.5 Å². The number of hydrogen-bond acceptors (Lipinski definition) is 2. The summed E-state index contributed by atoms with van der Waals surface area (Å²) >= 11 is 5.59. The molecule has 0 fully saturated rings. The van der Waals surface area contributed by atoms with E-state index in [0.717, 1.165) is 5.69 Å². The molecule has 0 unspecified atom stereocenters. The second kappa shape index (κ2) is 3.03. The Bertz CT molecular complexity index is 222. The maximum atomic E-state index is 8.55. The van der Waals surface area contributed by atoms with Crippen molar-refractivity contribution in [1.82, 2.24) is 9.78 Å². The van der Waals surface area contributed by atoms with Crippen LogP contribution in [0.15, 0.2) is 6.07 Å². The first kappa shape index (κ1) is 7.57. The van der Waals surface area contributed by atoms with Gasteiger partial charge in [0.2, 0.25) is 0 Å². The molecule has 0 aliphatic rings. The normalized spacial score (nSPS) is 10.3. The number of hydrogen-bond donors (Lipinski definition) is 1. The third-order valence-corrected chi connectivity index (χ3v) is 1.45. The fourth-order valence-corrected chi connectivity index (χ4v) is 1.04. The molecule has 1 rings (SSSR count). The van der Waals surface area contributed by atoms with Gasteiger partial charge < -0.3 is 5.11 Å². The Kier molecular flexibility index (Phi) is 2.29. The molecule has 3 nitrogen and oxygen atoms in total. The SMILES string of the molecule is Cc1cc(Cl)nn1CCO. The monoisotopic (exact) mass is 160 g/mol. The zero-order chi connectivity index (χ0) is 7.56. The molecule has 0 saturated carbocycles. The Morgan fingerprint density at radius 1 is 1.80 bits per heavy atom. The maximum Gasteiger partial charge on any atom is 0.151 e. The summed E-state index contributed by atoms with van der Waals surface area (Å²) in [6.07, 6.45) is 0. The van der Waals surface area contributed by atoms with Crippen molar-refractivity contribution < 1.29 is 5.11 Å². The Hall–Kier alpha value is -0.540. The molecule has 0 amide bonds. The van der Waals surface area contributed by atoms with Gasteiger partial charge in [0, 0.05) is 5.69 Å². The Labute approximate surface area is 64.2 Å². The van der Waals surface area contributed by atoms with Crippen LogP contribution in [0.25, 0.3) is 0 Å². The minimum absolute atomic E-state index is 0.0961. The van der Waals surface area contributed by atoms with Crippen molar-refractivity contribution in [2.24, 2.45) is 0 Å². The topological polar surface area (TPSA) is 38.0 Å². The minimum atomic E-state index is 0.0961. The lowest BCUT2D eigenvalue weighted by atomic mass is 10.5. The van der Waals surface area contributed by atoms with Gasteiger partial charge in [-0.2, -0.15) is 5.10 Å². The molecule has 0 bridgehead atoms. The highest BCUT2D eigenvalue weighted by Crippen LogP contribution is 2.07. The lowest BCUT2D eigenvalue weighted by Gasteiger charge is -1.98. The van der Waals surface area contributed by atoms with Crippen molar-refractivity contribution in [2.45, 2.75) is 13.5 Å². The molecule has 0 radical (unpaired) electrons. The van der Waals surface area contributed by atoms with Gasteiger partial charge in [-0.15, -0.1) is 0 Å². The van der Waals surface area contributed by atoms with Crippen molar-refractivity contribution in [3.05, 3.63) is 16.9 Å². The van der Waals surface area contributed by atoms with Gasteiger partial charge in [0.25, 0.3) is 0 Å². The molecule has 1 heterocycles. The third kappa shape index (κ3) is 1.49. The fraction of sp³-hybridized carbons (Fsp3) is 0.500. The van der Waals surface area contributed by atoms with E-state index >= 15 is 0 Å². The molecule has 0 aromatic carbocycles. The van der Waals surface area contributed by atoms with Gasteiger partial charge in [-0.1, -0.05) is 11.6 Å². The lowest BCUT2D eigenvalue weighted by molar-refractivity contribution is 0.268. The van der Waals surface area contributed by atoms with E-state index in [4.69, 9.17) is 16.7 Å². The number of halogens is 1. The minimum Gasteiger partial charge on any atom is -0.394 e. The first-order chi connectivity index (χ1) is 4.74. The Balaban J connectivity index is 2.81. The van der Waals surface area contributed by atoms with Gasteiger partial charge in [0.1, 0.15) is 0 Å². The van der Waals surface area contributed by atoms with Crippen molar-refractivity contribution in [3.8, 4) is 0 Å². The second-order valence-electron chi connectivity index (χ2n) is 2.06. The highest BCUT2D eigenvalue weighted by atomic mass is 35.5. The van der Waals surface area contributed by atoms with E-state index in [2.05, 4.69) is 5.10 Å². The highest BCUT2D eigenvalue weighted by Gasteiger charge is 1.99. The van der Waals surface area contributed by atoms with Crippen LogP contribution in [0.4, 0.5) is 0 Å². The smallest absolute Gasteiger partial charge is 0.151 e. The molecule has 4 heteroatoms. The van der Waals surface area contributed by atoms with Gasteiger partial charge in [0.05, 0.1) is 13.2 Å². The van der Waals surface area contributed by atoms with Crippen molar-refractivity contribution in [2.75, 3.05) is 6.61 Å². The van der Waals surface area contributed by atoms with Crippen LogP contribution >= 0.6 is 11.6 Å². The molecule has 0 saturated heterocycles. The van der Waals surface area contributed by atoms with E-state index in [1.807, 2.05) is 6.92 Å². The van der Waals surface area contributed by atoms with Gasteiger partial charge in [0.15, 0.2) is 5.15 Å². The number of rotatable bonds is 2. The van der Waals surface area contributed by atoms with Crippen molar-refractivity contribution in [3.63, 3.8) is 0 Å². The summed E-state index contributed by atoms with van der Waals surface area (Å²) in [7, 11) is 0. The summed E-state index contributed by atoms with van der Waals surface area (Å²) in [6.45, 7) is 2.51. The largest absolute Gasteiger partial charge is 0.394 e. The van der Waals surface area contributed by atoms with Crippen molar-refractivity contribution >= 4 is 11.6 Å². The maximum absolute atomic E-state index is 8.55. The van der Waals surface area contributed by atoms with Crippen LogP contribution < -0.4 is 0 Å². The summed E-state index contributed by atoms with van der Waals surface area (Å²) in [5.74, 6) is 0. The molecule has 0 aliphatic heterocycles. The number of aliphatic hydroxyl groups excluding tert-OH is 1. The molecule has 56 valence electrons. The van der Waals surface area contributed by atoms with Gasteiger partial charge in [-0.25, -0.2) is 0 Å². The molecule has 0 atom stereocenters. The van der Waals surface area contributed by atoms with Crippen molar-refractivity contribution in [1.29, 1.82) is 0 Å². The zero-order valence-electron chi connectivity index (χ0n) is 5.71. The molecule has 0 spiro atoms. The van der Waals surface area contributed by atoms with E-state index in [0.29, 0.717) is 11.7 Å². The Morgan fingerprint density at radius 3 is 2.90 bits per heavy atom. The van der Waals surface area contributed by atoms with Gasteiger partial charge in [-0.3, -0.25) is 4.68 Å². The summed E-state index contributed by atoms with van der Waals surface area (Å²) in [5, 5.41) is 12.9. The Morgan fingerprint density at radius 2 is 2.50 bits per heavy atom. The van der Waals surface area contributed by atoms with Crippen LogP contribution in [0.2, 0.25) is 5.15 Å². The molecule has 1 aromatic rings. The third-order valence-electron chi connectivity index (χ3n) is 1.26. The lowest BCUT2D eigenvalue weighted by Crippen LogP contribution is -2.05. The van der Waals surface area contributed by atoms with Crippen LogP contribution in [-0.2, 0) is 6.54 Å². The molecular formula is C6H9ClN2O. The standard InChI is InChI=1S/C6H9ClN2O/c1-5-4-6(7)8-9(5)2-3-10/h4,10H,2-3H2,1H3. The number of aliphatic hydroxyl groups is 1. The average molecular weight is 161 g/mol. The molecule has 1 N–H and O–H groups in total. The fourth-order valence-electron chi connectivity index (χ4n) is 0.791. The van der Waals surface area contributed by atoms with E-state index in [1.165, 1.54) is 0 Å². The van der Waals surface area contributed by atoms with Crippen LogP contribution in [0.3, 0.4) is 0 Å². The van der Waals surface area contributed by atoms with E-state index in [-0.39, 0.29) is 6.61 Å². The predicted molar refractivity (Wildman–Crippen MR) is 39.1 cm³/mol. The second-order valence-corrected chi connectivity index (χ2v) is 2.44. The van der Waals surface area contributed by atoms with E-state index in [9.17, 15) is 0 Å². The highest BCUT2D eigenvalue weighted by molar-refractivity contribution is 6.29. The van der Waals surface area contributed by atoms with Crippen LogP contribution in [0.1, 0.15) is 5.69 Å². The van der Waals surface area contributed by atoms with Crippen LogP contribution in [0, 0.1) is 6.92 Å². The zero-order valence-corrected chi connectivity index (χ0v) is 6.47. The van der Waals surface area contributed by atoms with E-state index in [1.54, 1.807) is 10.7 Å². The summed E-state index contributed by atoms with van der Waals surface area (Å²) in [5.41, 5.74) is 0.971. The van der Waals surface area contributed by atoms with Gasteiger partial charge >= 0.3 is 0 Å². The summed E-state index contributed by atoms with van der Waals surface area (Å²) < 4.78 is 1.67. The quantitative estimate of drug-likeness (QED) is 0.696. The van der Waals surface area contributed by atoms with Gasteiger partial charge in [-0.05, 0) is 13.0 Å². The molecule has 0 aliphatic carbocycles. The molecular weight excluding hydrogens is 152 g/mol. The first-order valence-electron chi connectivity index (χ1n) is 3.05. The summed E-state index contributed by atoms with van der Waals surface area (Å²) in [4.78, 5) is 0. The summed E-state index contributed by atoms with van der Waals surface area (Å²) in [6, 6.07) is 1.76. The average Bonchev–Trinajstić information content (AvgIpc) is 2.13. The molecule has 10 heavy (non-hydrogen) atoms. The first-order valence-corrected chi connectivity index (χ1v) is 3.42. The molecule has 1 aromatic heterocycles. The number of nitrogens with zero attached hydrogens (tertiary/aromatic N) is 2. The van der Waals surface area contributed by atoms with Crippen LogP contribution in [0.5, 0.6) is 0 Å².